The number of anilines is 1. The molecule has 2 N–H and O–H groups in total. The number of hydrogen-bond donors (Lipinski definition) is 2. The average molecular weight is 336 g/mol. The van der Waals surface area contributed by atoms with Crippen molar-refractivity contribution in [1.82, 2.24) is 10.2 Å². The van der Waals surface area contributed by atoms with Crippen LogP contribution in [0.15, 0.2) is 24.3 Å². The second-order valence-corrected chi connectivity index (χ2v) is 6.15. The molecular weight excluding hydrogens is 308 g/mol. The quantitative estimate of drug-likeness (QED) is 0.534. The molecule has 7 heteroatoms. The van der Waals surface area contributed by atoms with E-state index < -0.39 is 4.92 Å². The summed E-state index contributed by atoms with van der Waals surface area (Å²) in [5.74, 6) is 0.539. The molecule has 1 atom stereocenters. The van der Waals surface area contributed by atoms with Crippen molar-refractivity contribution in [2.75, 3.05) is 25.0 Å². The number of hydrogen-bond acceptors (Lipinski definition) is 4. The Balaban J connectivity index is 2.62. The molecule has 0 radical (unpaired) electrons. The number of rotatable bonds is 9. The Morgan fingerprint density at radius 1 is 1.29 bits per heavy atom. The number of carbonyl (C=O) groups is 1. The number of nitro benzene ring substituents is 1. The minimum Gasteiger partial charge on any atom is -0.336 e. The first-order chi connectivity index (χ1) is 11.4. The first-order valence-electron chi connectivity index (χ1n) is 8.40. The van der Waals surface area contributed by atoms with Crippen molar-refractivity contribution in [2.45, 2.75) is 40.2 Å². The number of benzene rings is 1. The molecule has 0 saturated heterocycles. The molecule has 0 saturated carbocycles. The lowest BCUT2D eigenvalue weighted by Crippen LogP contribution is -2.45. The smallest absolute Gasteiger partial charge is 0.319 e. The molecule has 0 fully saturated rings. The van der Waals surface area contributed by atoms with E-state index in [-0.39, 0.29) is 17.8 Å². The second kappa shape index (κ2) is 9.87. The van der Waals surface area contributed by atoms with E-state index in [1.165, 1.54) is 12.1 Å². The molecule has 7 nitrogen and oxygen atoms in total. The van der Waals surface area contributed by atoms with E-state index in [0.717, 1.165) is 19.5 Å². The maximum atomic E-state index is 12.1. The first kappa shape index (κ1) is 19.9. The summed E-state index contributed by atoms with van der Waals surface area (Å²) in [6.07, 6.45) is 0.999. The molecule has 0 aliphatic rings. The van der Waals surface area contributed by atoms with Crippen LogP contribution >= 0.6 is 0 Å². The van der Waals surface area contributed by atoms with Gasteiger partial charge in [0.15, 0.2) is 0 Å². The van der Waals surface area contributed by atoms with Crippen molar-refractivity contribution < 1.29 is 9.72 Å². The minimum atomic E-state index is -0.484. The van der Waals surface area contributed by atoms with Gasteiger partial charge >= 0.3 is 6.03 Å². The van der Waals surface area contributed by atoms with E-state index >= 15 is 0 Å². The Hall–Kier alpha value is -2.15. The zero-order valence-corrected chi connectivity index (χ0v) is 14.9. The van der Waals surface area contributed by atoms with Crippen molar-refractivity contribution in [1.29, 1.82) is 0 Å². The molecule has 0 aromatic heterocycles. The van der Waals surface area contributed by atoms with Crippen LogP contribution in [-0.2, 0) is 0 Å². The Morgan fingerprint density at radius 2 is 1.96 bits per heavy atom. The summed E-state index contributed by atoms with van der Waals surface area (Å²) in [7, 11) is 0. The fraction of sp³-hybridized carbons (Fsp3) is 0.588. The normalized spacial score (nSPS) is 12.2. The van der Waals surface area contributed by atoms with Gasteiger partial charge in [0.1, 0.15) is 0 Å². The van der Waals surface area contributed by atoms with E-state index in [1.807, 2.05) is 0 Å². The SMILES string of the molecule is CCN(CC)C(CNC(=O)Nc1cccc([N+](=O)[O-])c1)CC(C)C. The Morgan fingerprint density at radius 3 is 2.50 bits per heavy atom. The van der Waals surface area contributed by atoms with Gasteiger partial charge in [-0.15, -0.1) is 0 Å². The van der Waals surface area contributed by atoms with Gasteiger partial charge in [0.05, 0.1) is 4.92 Å². The van der Waals surface area contributed by atoms with Crippen LogP contribution < -0.4 is 10.6 Å². The fourth-order valence-corrected chi connectivity index (χ4v) is 2.73. The Kier molecular flexibility index (Phi) is 8.18. The van der Waals surface area contributed by atoms with Crippen LogP contribution in [0.1, 0.15) is 34.1 Å². The molecule has 1 aromatic rings. The van der Waals surface area contributed by atoms with Crippen LogP contribution in [0, 0.1) is 16.0 Å². The lowest BCUT2D eigenvalue weighted by molar-refractivity contribution is -0.384. The predicted molar refractivity (Wildman–Crippen MR) is 96.3 cm³/mol. The zero-order valence-electron chi connectivity index (χ0n) is 14.9. The first-order valence-corrected chi connectivity index (χ1v) is 8.40. The van der Waals surface area contributed by atoms with Gasteiger partial charge in [-0.05, 0) is 31.5 Å². The summed E-state index contributed by atoms with van der Waals surface area (Å²) in [4.78, 5) is 24.7. The molecule has 1 rings (SSSR count). The number of amides is 2. The van der Waals surface area contributed by atoms with Crippen LogP contribution in [-0.4, -0.2) is 41.5 Å². The Bertz CT molecular complexity index is 544. The maximum Gasteiger partial charge on any atom is 0.319 e. The minimum absolute atomic E-state index is 0.0476. The number of likely N-dealkylation sites (N-methyl/N-ethyl adjacent to an activating group) is 1. The molecule has 1 unspecified atom stereocenters. The molecule has 0 aliphatic carbocycles. The molecule has 1 aromatic carbocycles. The highest BCUT2D eigenvalue weighted by Crippen LogP contribution is 2.17. The summed E-state index contributed by atoms with van der Waals surface area (Å²) in [5.41, 5.74) is 0.360. The van der Waals surface area contributed by atoms with E-state index in [0.29, 0.717) is 18.2 Å². The highest BCUT2D eigenvalue weighted by atomic mass is 16.6. The third kappa shape index (κ3) is 6.54. The predicted octanol–water partition coefficient (Wildman–Crippen LogP) is 3.47. The van der Waals surface area contributed by atoms with Crippen LogP contribution in [0.5, 0.6) is 0 Å². The van der Waals surface area contributed by atoms with Crippen molar-refractivity contribution in [3.63, 3.8) is 0 Å². The van der Waals surface area contributed by atoms with E-state index in [4.69, 9.17) is 0 Å². The van der Waals surface area contributed by atoms with Crippen molar-refractivity contribution in [2.24, 2.45) is 5.92 Å². The number of urea groups is 1. The standard InChI is InChI=1S/C17H28N4O3/c1-5-20(6-2)16(10-13(3)4)12-18-17(22)19-14-8-7-9-15(11-14)21(23)24/h7-9,11,13,16H,5-6,10,12H2,1-4H3,(H2,18,19,22). The van der Waals surface area contributed by atoms with Crippen molar-refractivity contribution in [3.05, 3.63) is 34.4 Å². The maximum absolute atomic E-state index is 12.1. The molecule has 24 heavy (non-hydrogen) atoms. The fourth-order valence-electron chi connectivity index (χ4n) is 2.73. The van der Waals surface area contributed by atoms with E-state index in [9.17, 15) is 14.9 Å². The van der Waals surface area contributed by atoms with Crippen LogP contribution in [0.4, 0.5) is 16.2 Å². The molecule has 134 valence electrons. The van der Waals surface area contributed by atoms with Crippen molar-refractivity contribution >= 4 is 17.4 Å². The van der Waals surface area contributed by atoms with Gasteiger partial charge in [0.2, 0.25) is 0 Å². The molecule has 0 spiro atoms. The van der Waals surface area contributed by atoms with E-state index in [2.05, 4.69) is 43.2 Å². The van der Waals surface area contributed by atoms with Crippen LogP contribution in [0.2, 0.25) is 0 Å². The highest BCUT2D eigenvalue weighted by molar-refractivity contribution is 5.89. The molecule has 0 aliphatic heterocycles. The summed E-state index contributed by atoms with van der Waals surface area (Å²) >= 11 is 0. The van der Waals surface area contributed by atoms with Crippen LogP contribution in [0.25, 0.3) is 0 Å². The largest absolute Gasteiger partial charge is 0.336 e. The number of carbonyl (C=O) groups excluding carboxylic acids is 1. The average Bonchev–Trinajstić information content (AvgIpc) is 2.53. The van der Waals surface area contributed by atoms with Crippen LogP contribution in [0.3, 0.4) is 0 Å². The number of nitrogens with one attached hydrogen (secondary N) is 2. The van der Waals surface area contributed by atoms with E-state index in [1.54, 1.807) is 12.1 Å². The zero-order chi connectivity index (χ0) is 18.1. The Labute approximate surface area is 143 Å². The molecule has 0 bridgehead atoms. The number of non-ortho nitro benzene ring substituents is 1. The van der Waals surface area contributed by atoms with Gasteiger partial charge in [0, 0.05) is 30.4 Å². The number of nitro groups is 1. The highest BCUT2D eigenvalue weighted by Gasteiger charge is 2.18. The van der Waals surface area contributed by atoms with Gasteiger partial charge in [-0.3, -0.25) is 15.0 Å². The monoisotopic (exact) mass is 336 g/mol. The van der Waals surface area contributed by atoms with Gasteiger partial charge in [0.25, 0.3) is 5.69 Å². The summed E-state index contributed by atoms with van der Waals surface area (Å²) in [5, 5.41) is 16.3. The van der Waals surface area contributed by atoms with Gasteiger partial charge in [-0.25, -0.2) is 4.79 Å². The topological polar surface area (TPSA) is 87.5 Å². The van der Waals surface area contributed by atoms with Gasteiger partial charge in [-0.2, -0.15) is 0 Å². The molecule has 0 heterocycles. The second-order valence-electron chi connectivity index (χ2n) is 6.15. The van der Waals surface area contributed by atoms with Crippen molar-refractivity contribution in [3.8, 4) is 0 Å². The lowest BCUT2D eigenvalue weighted by atomic mass is 10.0. The summed E-state index contributed by atoms with van der Waals surface area (Å²) in [6.45, 7) is 11.0. The summed E-state index contributed by atoms with van der Waals surface area (Å²) in [6, 6.07) is 5.83. The molecule has 2 amide bonds. The van der Waals surface area contributed by atoms with Gasteiger partial charge < -0.3 is 10.6 Å². The molecular formula is C17H28N4O3. The third-order valence-electron chi connectivity index (χ3n) is 3.89. The number of nitrogens with zero attached hydrogens (tertiary/aromatic N) is 2. The third-order valence-corrected chi connectivity index (χ3v) is 3.89. The van der Waals surface area contributed by atoms with Gasteiger partial charge in [-0.1, -0.05) is 33.8 Å². The summed E-state index contributed by atoms with van der Waals surface area (Å²) < 4.78 is 0. The lowest BCUT2D eigenvalue weighted by Gasteiger charge is -2.31.